The van der Waals surface area contributed by atoms with E-state index in [-0.39, 0.29) is 17.8 Å². The molecule has 7 nitrogen and oxygen atoms in total. The van der Waals surface area contributed by atoms with Crippen LogP contribution < -0.4 is 11.5 Å². The van der Waals surface area contributed by atoms with Gasteiger partial charge in [-0.25, -0.2) is 9.18 Å². The maximum Gasteiger partial charge on any atom is 0.315 e. The van der Waals surface area contributed by atoms with E-state index < -0.39 is 11.9 Å². The first-order valence-corrected chi connectivity index (χ1v) is 9.70. The molecule has 3 amide bonds. The van der Waals surface area contributed by atoms with Crippen molar-refractivity contribution in [2.45, 2.75) is 44.7 Å². The molecule has 4 rings (SSSR count). The van der Waals surface area contributed by atoms with E-state index in [4.69, 9.17) is 11.5 Å². The Labute approximate surface area is 162 Å². The van der Waals surface area contributed by atoms with Crippen LogP contribution >= 0.6 is 0 Å². The number of aromatic nitrogens is 2. The number of benzene rings is 1. The van der Waals surface area contributed by atoms with Crippen molar-refractivity contribution in [3.63, 3.8) is 0 Å². The van der Waals surface area contributed by atoms with E-state index >= 15 is 0 Å². The molecule has 1 aliphatic heterocycles. The van der Waals surface area contributed by atoms with Crippen molar-refractivity contribution >= 4 is 11.9 Å². The molecule has 0 radical (unpaired) electrons. The molecule has 0 spiro atoms. The molecular formula is C20H24FN5O2. The van der Waals surface area contributed by atoms with Gasteiger partial charge < -0.3 is 16.4 Å². The number of carbonyl (C=O) groups excluding carboxylic acids is 2. The minimum atomic E-state index is -0.604. The molecule has 1 aromatic carbocycles. The molecule has 8 heteroatoms. The summed E-state index contributed by atoms with van der Waals surface area (Å²) < 4.78 is 15.1. The summed E-state index contributed by atoms with van der Waals surface area (Å²) in [6, 6.07) is 4.99. The van der Waals surface area contributed by atoms with E-state index in [1.54, 1.807) is 21.7 Å². The Hall–Kier alpha value is -2.90. The molecule has 1 aliphatic carbocycles. The van der Waals surface area contributed by atoms with Gasteiger partial charge in [0.25, 0.3) is 5.91 Å². The highest BCUT2D eigenvalue weighted by atomic mass is 19.1. The maximum atomic E-state index is 13.4. The first-order valence-electron chi connectivity index (χ1n) is 9.70. The fourth-order valence-electron chi connectivity index (χ4n) is 4.66. The Morgan fingerprint density at radius 1 is 1.04 bits per heavy atom. The van der Waals surface area contributed by atoms with E-state index in [1.807, 2.05) is 0 Å². The van der Waals surface area contributed by atoms with Gasteiger partial charge in [0.1, 0.15) is 11.5 Å². The summed E-state index contributed by atoms with van der Waals surface area (Å²) in [5, 5.41) is 4.63. The molecule has 1 fully saturated rings. The van der Waals surface area contributed by atoms with Gasteiger partial charge >= 0.3 is 6.03 Å². The number of nitrogens with two attached hydrogens (primary N) is 2. The standard InChI is InChI=1S/C20H24FN5O2/c21-14-8-6-12(7-9-14)16-15(19(22)27)18-17(13-4-2-1-3-5-13)25(20(23)28)10-11-26(18)24-16/h6-9,13,17H,1-5,10-11H2,(H2,22,27)(H2,23,28). The Morgan fingerprint density at radius 2 is 1.71 bits per heavy atom. The van der Waals surface area contributed by atoms with E-state index in [9.17, 15) is 14.0 Å². The molecule has 0 saturated heterocycles. The van der Waals surface area contributed by atoms with E-state index in [2.05, 4.69) is 5.10 Å². The highest BCUT2D eigenvalue weighted by Gasteiger charge is 2.41. The predicted octanol–water partition coefficient (Wildman–Crippen LogP) is 2.80. The predicted molar refractivity (Wildman–Crippen MR) is 102 cm³/mol. The maximum absolute atomic E-state index is 13.4. The summed E-state index contributed by atoms with van der Waals surface area (Å²) in [5.41, 5.74) is 13.4. The molecule has 2 heterocycles. The number of carbonyl (C=O) groups is 2. The van der Waals surface area contributed by atoms with Crippen molar-refractivity contribution < 1.29 is 14.0 Å². The summed E-state index contributed by atoms with van der Waals surface area (Å²) in [6.07, 6.45) is 5.26. The third-order valence-electron chi connectivity index (χ3n) is 5.90. The van der Waals surface area contributed by atoms with Gasteiger partial charge in [-0.1, -0.05) is 19.3 Å². The molecule has 0 bridgehead atoms. The van der Waals surface area contributed by atoms with Crippen LogP contribution in [0, 0.1) is 11.7 Å². The lowest BCUT2D eigenvalue weighted by atomic mass is 9.80. The monoisotopic (exact) mass is 385 g/mol. The molecule has 1 atom stereocenters. The van der Waals surface area contributed by atoms with Crippen LogP contribution in [0.1, 0.15) is 54.2 Å². The Bertz CT molecular complexity index is 902. The topological polar surface area (TPSA) is 107 Å². The van der Waals surface area contributed by atoms with Gasteiger partial charge in [-0.2, -0.15) is 5.10 Å². The van der Waals surface area contributed by atoms with Crippen molar-refractivity contribution in [3.8, 4) is 11.3 Å². The number of hydrogen-bond acceptors (Lipinski definition) is 3. The average molecular weight is 385 g/mol. The van der Waals surface area contributed by atoms with Gasteiger partial charge in [-0.15, -0.1) is 0 Å². The SMILES string of the molecule is NC(=O)c1c(-c2ccc(F)cc2)nn2c1C(C1CCCCC1)N(C(N)=O)CC2. The summed E-state index contributed by atoms with van der Waals surface area (Å²) in [4.78, 5) is 26.3. The molecule has 148 valence electrons. The second-order valence-corrected chi connectivity index (χ2v) is 7.58. The Morgan fingerprint density at radius 3 is 2.32 bits per heavy atom. The van der Waals surface area contributed by atoms with Crippen LogP contribution in [0.5, 0.6) is 0 Å². The number of amides is 3. The van der Waals surface area contributed by atoms with Crippen molar-refractivity contribution in [2.24, 2.45) is 17.4 Å². The van der Waals surface area contributed by atoms with Crippen molar-refractivity contribution in [1.82, 2.24) is 14.7 Å². The van der Waals surface area contributed by atoms with Gasteiger partial charge in [-0.3, -0.25) is 9.48 Å². The quantitative estimate of drug-likeness (QED) is 0.848. The minimum absolute atomic E-state index is 0.205. The van der Waals surface area contributed by atoms with Crippen LogP contribution in [-0.4, -0.2) is 33.2 Å². The highest BCUT2D eigenvalue weighted by molar-refractivity contribution is 6.00. The van der Waals surface area contributed by atoms with Crippen molar-refractivity contribution in [3.05, 3.63) is 41.3 Å². The lowest BCUT2D eigenvalue weighted by Crippen LogP contribution is -2.48. The van der Waals surface area contributed by atoms with Gasteiger partial charge in [-0.05, 0) is 43.0 Å². The number of primary amides is 2. The smallest absolute Gasteiger partial charge is 0.315 e. The second kappa shape index (κ2) is 7.26. The summed E-state index contributed by atoms with van der Waals surface area (Å²) >= 11 is 0. The van der Waals surface area contributed by atoms with Crippen LogP contribution in [0.2, 0.25) is 0 Å². The molecular weight excluding hydrogens is 361 g/mol. The van der Waals surface area contributed by atoms with Gasteiger partial charge in [0.05, 0.1) is 23.8 Å². The number of fused-ring (bicyclic) bond motifs is 1. The van der Waals surface area contributed by atoms with Crippen LogP contribution in [0.4, 0.5) is 9.18 Å². The van der Waals surface area contributed by atoms with E-state index in [1.165, 1.54) is 18.6 Å². The van der Waals surface area contributed by atoms with Crippen molar-refractivity contribution in [2.75, 3.05) is 6.54 Å². The first-order chi connectivity index (χ1) is 13.5. The lowest BCUT2D eigenvalue weighted by Gasteiger charge is -2.41. The van der Waals surface area contributed by atoms with Crippen LogP contribution in [0.25, 0.3) is 11.3 Å². The van der Waals surface area contributed by atoms with Crippen LogP contribution in [-0.2, 0) is 6.54 Å². The highest BCUT2D eigenvalue weighted by Crippen LogP contribution is 2.43. The van der Waals surface area contributed by atoms with Crippen molar-refractivity contribution in [1.29, 1.82) is 0 Å². The van der Waals surface area contributed by atoms with Crippen LogP contribution in [0.15, 0.2) is 24.3 Å². The zero-order valence-corrected chi connectivity index (χ0v) is 15.6. The van der Waals surface area contributed by atoms with E-state index in [0.717, 1.165) is 25.7 Å². The number of rotatable bonds is 3. The summed E-state index contributed by atoms with van der Waals surface area (Å²) in [6.45, 7) is 0.870. The fraction of sp³-hybridized carbons (Fsp3) is 0.450. The molecule has 1 unspecified atom stereocenters. The van der Waals surface area contributed by atoms with Gasteiger partial charge in [0.2, 0.25) is 0 Å². The Balaban J connectivity index is 1.88. The second-order valence-electron chi connectivity index (χ2n) is 7.58. The molecule has 1 saturated carbocycles. The largest absolute Gasteiger partial charge is 0.365 e. The summed E-state index contributed by atoms with van der Waals surface area (Å²) in [5.74, 6) is -0.766. The lowest BCUT2D eigenvalue weighted by molar-refractivity contribution is 0.0964. The molecule has 2 aromatic rings. The van der Waals surface area contributed by atoms with Crippen LogP contribution in [0.3, 0.4) is 0 Å². The van der Waals surface area contributed by atoms with E-state index in [0.29, 0.717) is 35.6 Å². The number of urea groups is 1. The number of halogens is 1. The Kier molecular flexibility index (Phi) is 4.78. The summed E-state index contributed by atoms with van der Waals surface area (Å²) in [7, 11) is 0. The number of hydrogen-bond donors (Lipinski definition) is 2. The molecule has 1 aromatic heterocycles. The zero-order chi connectivity index (χ0) is 19.8. The normalized spacial score (nSPS) is 20.0. The average Bonchev–Trinajstić information content (AvgIpc) is 3.08. The third kappa shape index (κ3) is 3.12. The van der Waals surface area contributed by atoms with Gasteiger partial charge in [0.15, 0.2) is 0 Å². The van der Waals surface area contributed by atoms with Gasteiger partial charge in [0, 0.05) is 12.1 Å². The molecule has 4 N–H and O–H groups in total. The third-order valence-corrected chi connectivity index (χ3v) is 5.90. The first kappa shape index (κ1) is 18.5. The minimum Gasteiger partial charge on any atom is -0.365 e. The molecule has 28 heavy (non-hydrogen) atoms. The number of nitrogens with zero attached hydrogens (tertiary/aromatic N) is 3. The zero-order valence-electron chi connectivity index (χ0n) is 15.6. The fourth-order valence-corrected chi connectivity index (χ4v) is 4.66. The molecule has 2 aliphatic rings.